The van der Waals surface area contributed by atoms with Crippen LogP contribution < -0.4 is 10.2 Å². The normalized spacial score (nSPS) is 19.8. The molecule has 3 aromatic rings. The van der Waals surface area contributed by atoms with Crippen molar-refractivity contribution in [1.29, 1.82) is 0 Å². The Morgan fingerprint density at radius 2 is 1.91 bits per heavy atom. The average Bonchev–Trinajstić information content (AvgIpc) is 2.87. The number of nitrogens with zero attached hydrogens (tertiary/aromatic N) is 3. The number of nitrogens with one attached hydrogen (secondary N) is 1. The second-order valence-electron chi connectivity index (χ2n) is 9.76. The van der Waals surface area contributed by atoms with E-state index in [9.17, 15) is 10.2 Å². The van der Waals surface area contributed by atoms with Gasteiger partial charge in [-0.05, 0) is 67.0 Å². The highest BCUT2D eigenvalue weighted by Gasteiger charge is 2.26. The van der Waals surface area contributed by atoms with Gasteiger partial charge in [-0.3, -0.25) is 9.88 Å². The first-order valence-electron chi connectivity index (χ1n) is 12.7. The maximum atomic E-state index is 10.1. The number of aromatic nitrogens is 1. The zero-order valence-corrected chi connectivity index (χ0v) is 20.1. The van der Waals surface area contributed by atoms with Crippen LogP contribution in [-0.4, -0.2) is 65.4 Å². The summed E-state index contributed by atoms with van der Waals surface area (Å²) in [6.45, 7) is 8.39. The number of rotatable bonds is 7. The number of benzene rings is 2. The molecule has 6 nitrogen and oxygen atoms in total. The van der Waals surface area contributed by atoms with E-state index in [1.165, 1.54) is 17.5 Å². The van der Waals surface area contributed by atoms with Crippen molar-refractivity contribution in [1.82, 2.24) is 15.2 Å². The molecule has 1 fully saturated rings. The molecule has 3 N–H and O–H groups in total. The quantitative estimate of drug-likeness (QED) is 0.496. The molecule has 1 saturated heterocycles. The molecular formula is C28H36N4O2. The van der Waals surface area contributed by atoms with E-state index < -0.39 is 0 Å². The van der Waals surface area contributed by atoms with Gasteiger partial charge >= 0.3 is 0 Å². The summed E-state index contributed by atoms with van der Waals surface area (Å²) >= 11 is 0. The lowest BCUT2D eigenvalue weighted by Gasteiger charge is -2.37. The molecule has 2 atom stereocenters. The highest BCUT2D eigenvalue weighted by molar-refractivity contribution is 5.94. The second kappa shape index (κ2) is 10.2. The largest absolute Gasteiger partial charge is 0.508 e. The summed E-state index contributed by atoms with van der Waals surface area (Å²) in [5.74, 6) is 1.26. The molecule has 5 rings (SSSR count). The van der Waals surface area contributed by atoms with Gasteiger partial charge in [0.15, 0.2) is 0 Å². The van der Waals surface area contributed by atoms with Crippen molar-refractivity contribution in [2.75, 3.05) is 44.2 Å². The molecule has 34 heavy (non-hydrogen) atoms. The number of para-hydroxylation sites is 1. The lowest BCUT2D eigenvalue weighted by Crippen LogP contribution is -2.49. The van der Waals surface area contributed by atoms with Crippen molar-refractivity contribution in [3.05, 3.63) is 59.8 Å². The van der Waals surface area contributed by atoms with Crippen LogP contribution in [0.15, 0.2) is 48.7 Å². The molecule has 1 aromatic heterocycles. The van der Waals surface area contributed by atoms with Crippen molar-refractivity contribution in [3.8, 4) is 11.5 Å². The number of hydrogen-bond acceptors (Lipinski definition) is 6. The fourth-order valence-corrected chi connectivity index (χ4v) is 5.80. The van der Waals surface area contributed by atoms with Crippen LogP contribution in [-0.2, 0) is 12.8 Å². The first kappa shape index (κ1) is 22.9. The molecule has 1 aliphatic heterocycles. The van der Waals surface area contributed by atoms with Gasteiger partial charge in [-0.25, -0.2) is 0 Å². The number of aryl methyl sites for hydroxylation is 1. The van der Waals surface area contributed by atoms with Gasteiger partial charge in [-0.15, -0.1) is 0 Å². The summed E-state index contributed by atoms with van der Waals surface area (Å²) in [5, 5.41) is 24.9. The number of phenolic OH excluding ortho intramolecular Hbond substituents is 2. The fraction of sp³-hybridized carbons (Fsp3) is 0.464. The van der Waals surface area contributed by atoms with Crippen LogP contribution in [0, 0.1) is 5.92 Å². The lowest BCUT2D eigenvalue weighted by atomic mass is 9.79. The molecule has 0 radical (unpaired) electrons. The van der Waals surface area contributed by atoms with Gasteiger partial charge in [0.25, 0.3) is 0 Å². The minimum absolute atomic E-state index is 0.243. The van der Waals surface area contributed by atoms with Gasteiger partial charge in [-0.2, -0.15) is 0 Å². The van der Waals surface area contributed by atoms with Gasteiger partial charge in [0.1, 0.15) is 17.0 Å². The third-order valence-electron chi connectivity index (χ3n) is 7.74. The Bertz CT molecular complexity index is 1130. The minimum atomic E-state index is 0.243. The first-order valence-corrected chi connectivity index (χ1v) is 12.7. The Morgan fingerprint density at radius 1 is 1.06 bits per heavy atom. The smallest absolute Gasteiger partial charge is 0.141 e. The van der Waals surface area contributed by atoms with Crippen molar-refractivity contribution in [3.63, 3.8) is 0 Å². The summed E-state index contributed by atoms with van der Waals surface area (Å²) in [5.41, 5.74) is 4.56. The summed E-state index contributed by atoms with van der Waals surface area (Å²) in [6.07, 6.45) is 6.32. The highest BCUT2D eigenvalue weighted by atomic mass is 16.3. The first-order chi connectivity index (χ1) is 16.6. The molecular weight excluding hydrogens is 424 g/mol. The van der Waals surface area contributed by atoms with Gasteiger partial charge in [0, 0.05) is 62.6 Å². The molecule has 2 unspecified atom stereocenters. The Hall–Kier alpha value is -2.83. The van der Waals surface area contributed by atoms with Crippen LogP contribution in [0.5, 0.6) is 11.5 Å². The third-order valence-corrected chi connectivity index (χ3v) is 7.74. The summed E-state index contributed by atoms with van der Waals surface area (Å²) < 4.78 is 0. The Kier molecular flexibility index (Phi) is 6.88. The van der Waals surface area contributed by atoms with Crippen LogP contribution in [0.25, 0.3) is 10.9 Å². The molecule has 180 valence electrons. The number of hydrogen-bond donors (Lipinski definition) is 3. The SMILES string of the molecule is CCC(NCCN1CCN(c2ccnc3c(O)cccc23)CC1)C1CCc2ccc(O)cc2C1. The molecule has 1 aliphatic carbocycles. The number of anilines is 1. The third kappa shape index (κ3) is 4.84. The summed E-state index contributed by atoms with van der Waals surface area (Å²) in [6, 6.07) is 14.1. The van der Waals surface area contributed by atoms with Crippen molar-refractivity contribution in [2.24, 2.45) is 5.92 Å². The van der Waals surface area contributed by atoms with E-state index >= 15 is 0 Å². The zero-order chi connectivity index (χ0) is 23.5. The minimum Gasteiger partial charge on any atom is -0.508 e. The summed E-state index contributed by atoms with van der Waals surface area (Å²) in [7, 11) is 0. The summed E-state index contributed by atoms with van der Waals surface area (Å²) in [4.78, 5) is 9.32. The monoisotopic (exact) mass is 460 g/mol. The van der Waals surface area contributed by atoms with E-state index in [4.69, 9.17) is 0 Å². The van der Waals surface area contributed by atoms with Gasteiger partial charge < -0.3 is 20.4 Å². The average molecular weight is 461 g/mol. The maximum absolute atomic E-state index is 10.1. The van der Waals surface area contributed by atoms with Gasteiger partial charge in [-0.1, -0.05) is 25.1 Å². The number of piperazine rings is 1. The predicted molar refractivity (Wildman–Crippen MR) is 138 cm³/mol. The van der Waals surface area contributed by atoms with Crippen molar-refractivity contribution in [2.45, 2.75) is 38.6 Å². The Labute approximate surface area is 202 Å². The van der Waals surface area contributed by atoms with E-state index in [0.717, 1.165) is 69.6 Å². The topological polar surface area (TPSA) is 71.9 Å². The molecule has 6 heteroatoms. The number of aromatic hydroxyl groups is 2. The molecule has 2 heterocycles. The number of phenols is 2. The zero-order valence-electron chi connectivity index (χ0n) is 20.1. The molecule has 0 saturated carbocycles. The fourth-order valence-electron chi connectivity index (χ4n) is 5.80. The van der Waals surface area contributed by atoms with Gasteiger partial charge in [0.05, 0.1) is 0 Å². The predicted octanol–water partition coefficient (Wildman–Crippen LogP) is 3.94. The molecule has 0 amide bonds. The maximum Gasteiger partial charge on any atom is 0.141 e. The van der Waals surface area contributed by atoms with Crippen LogP contribution in [0.4, 0.5) is 5.69 Å². The Morgan fingerprint density at radius 3 is 2.74 bits per heavy atom. The molecule has 2 aliphatic rings. The molecule has 0 bridgehead atoms. The van der Waals surface area contributed by atoms with E-state index in [1.807, 2.05) is 24.3 Å². The van der Waals surface area contributed by atoms with E-state index in [1.54, 1.807) is 12.3 Å². The van der Waals surface area contributed by atoms with Crippen LogP contribution in [0.1, 0.15) is 30.9 Å². The molecule has 0 spiro atoms. The van der Waals surface area contributed by atoms with E-state index in [-0.39, 0.29) is 5.75 Å². The van der Waals surface area contributed by atoms with Crippen LogP contribution in [0.3, 0.4) is 0 Å². The van der Waals surface area contributed by atoms with E-state index in [0.29, 0.717) is 23.2 Å². The standard InChI is InChI=1S/C28H36N4O2/c1-2-25(21-7-6-20-8-9-23(33)19-22(20)18-21)29-12-13-31-14-16-32(17-15-31)26-10-11-30-28-24(26)4-3-5-27(28)34/h3-5,8-11,19,21,25,29,33-34H,2,6-7,12-18H2,1H3. The lowest BCUT2D eigenvalue weighted by molar-refractivity contribution is 0.240. The van der Waals surface area contributed by atoms with Crippen molar-refractivity contribution < 1.29 is 10.2 Å². The number of fused-ring (bicyclic) bond motifs is 2. The van der Waals surface area contributed by atoms with E-state index in [2.05, 4.69) is 39.2 Å². The highest BCUT2D eigenvalue weighted by Crippen LogP contribution is 2.32. The van der Waals surface area contributed by atoms with Gasteiger partial charge in [0.2, 0.25) is 0 Å². The second-order valence-corrected chi connectivity index (χ2v) is 9.76. The Balaban J connectivity index is 1.12. The molecule has 2 aromatic carbocycles. The van der Waals surface area contributed by atoms with Crippen LogP contribution >= 0.6 is 0 Å². The number of pyridine rings is 1. The van der Waals surface area contributed by atoms with Crippen LogP contribution in [0.2, 0.25) is 0 Å². The van der Waals surface area contributed by atoms with Crippen molar-refractivity contribution >= 4 is 16.6 Å².